The lowest BCUT2D eigenvalue weighted by molar-refractivity contribution is -0.113. The molecule has 9 heteroatoms. The molecule has 6 nitrogen and oxygen atoms in total. The monoisotopic (exact) mass is 397 g/mol. The molecule has 2 aromatic carbocycles. The highest BCUT2D eigenvalue weighted by molar-refractivity contribution is 7.99. The number of thioether (sulfide) groups is 1. The second kappa shape index (κ2) is 7.73. The van der Waals surface area contributed by atoms with Crippen molar-refractivity contribution >= 4 is 29.0 Å². The predicted octanol–water partition coefficient (Wildman–Crippen LogP) is 3.80. The number of nitrogens with zero attached hydrogens (tertiary/aromatic N) is 4. The molecule has 0 fully saturated rings. The predicted molar refractivity (Wildman–Crippen MR) is 102 cm³/mol. The Bertz CT molecular complexity index is 1150. The Kier molecular flexibility index (Phi) is 4.98. The van der Waals surface area contributed by atoms with E-state index < -0.39 is 5.82 Å². The molecule has 2 heterocycles. The lowest BCUT2D eigenvalue weighted by Crippen LogP contribution is -2.14. The van der Waals surface area contributed by atoms with Gasteiger partial charge in [-0.1, -0.05) is 17.8 Å². The number of nitrogens with one attached hydrogen (secondary N) is 1. The Labute approximate surface area is 162 Å². The zero-order valence-corrected chi connectivity index (χ0v) is 15.2. The van der Waals surface area contributed by atoms with Gasteiger partial charge < -0.3 is 5.32 Å². The van der Waals surface area contributed by atoms with Crippen LogP contribution in [0.1, 0.15) is 0 Å². The fourth-order valence-electron chi connectivity index (χ4n) is 2.53. The summed E-state index contributed by atoms with van der Waals surface area (Å²) in [4.78, 5) is 12.1. The normalized spacial score (nSPS) is 10.9. The van der Waals surface area contributed by atoms with Crippen molar-refractivity contribution in [2.24, 2.45) is 0 Å². The minimum absolute atomic E-state index is 0.100. The fraction of sp³-hybridized carbons (Fsp3) is 0.0526. The van der Waals surface area contributed by atoms with E-state index in [1.165, 1.54) is 42.1 Å². The summed E-state index contributed by atoms with van der Waals surface area (Å²) >= 11 is 1.22. The molecular formula is C19H13F2N5OS. The van der Waals surface area contributed by atoms with Gasteiger partial charge in [0.05, 0.1) is 5.75 Å². The number of hydrogen-bond acceptors (Lipinski definition) is 5. The maximum Gasteiger partial charge on any atom is 0.234 e. The van der Waals surface area contributed by atoms with E-state index in [4.69, 9.17) is 0 Å². The molecule has 1 N–H and O–H groups in total. The first-order chi connectivity index (χ1) is 13.6. The van der Waals surface area contributed by atoms with Crippen LogP contribution in [0.5, 0.6) is 0 Å². The first-order valence-electron chi connectivity index (χ1n) is 8.25. The number of rotatable bonds is 5. The summed E-state index contributed by atoms with van der Waals surface area (Å²) < 4.78 is 27.9. The topological polar surface area (TPSA) is 72.2 Å². The molecule has 0 saturated heterocycles. The molecule has 4 aromatic rings. The number of amides is 1. The number of fused-ring (bicyclic) bond motifs is 1. The molecule has 0 bridgehead atoms. The van der Waals surface area contributed by atoms with Gasteiger partial charge in [-0.25, -0.2) is 8.78 Å². The standard InChI is InChI=1S/C19H13F2N5OS/c20-13-6-4-12(5-7-13)19-24-23-16-8-9-18(25-26(16)19)28-11-17(27)22-15-3-1-2-14(21)10-15/h1-10H,11H2,(H,22,27). The molecule has 0 atom stereocenters. The molecule has 1 amide bonds. The smallest absolute Gasteiger partial charge is 0.234 e. The van der Waals surface area contributed by atoms with Gasteiger partial charge in [0.15, 0.2) is 11.5 Å². The van der Waals surface area contributed by atoms with Gasteiger partial charge in [-0.3, -0.25) is 4.79 Å². The Hall–Kier alpha value is -3.33. The molecule has 0 saturated carbocycles. The van der Waals surface area contributed by atoms with E-state index in [1.54, 1.807) is 34.8 Å². The molecule has 28 heavy (non-hydrogen) atoms. The Morgan fingerprint density at radius 1 is 1.00 bits per heavy atom. The molecule has 2 aromatic heterocycles. The van der Waals surface area contributed by atoms with Crippen molar-refractivity contribution in [1.29, 1.82) is 0 Å². The largest absolute Gasteiger partial charge is 0.325 e. The van der Waals surface area contributed by atoms with E-state index in [0.717, 1.165) is 0 Å². The highest BCUT2D eigenvalue weighted by atomic mass is 32.2. The van der Waals surface area contributed by atoms with Gasteiger partial charge in [0.25, 0.3) is 0 Å². The molecule has 0 spiro atoms. The van der Waals surface area contributed by atoms with Crippen LogP contribution in [-0.4, -0.2) is 31.5 Å². The number of anilines is 1. The summed E-state index contributed by atoms with van der Waals surface area (Å²) in [6.07, 6.45) is 0. The van der Waals surface area contributed by atoms with Crippen LogP contribution in [0.25, 0.3) is 17.0 Å². The Balaban J connectivity index is 1.49. The Morgan fingerprint density at radius 3 is 2.61 bits per heavy atom. The molecular weight excluding hydrogens is 384 g/mol. The summed E-state index contributed by atoms with van der Waals surface area (Å²) in [5.74, 6) is -0.463. The average Bonchev–Trinajstić information content (AvgIpc) is 3.10. The van der Waals surface area contributed by atoms with Crippen molar-refractivity contribution in [2.75, 3.05) is 11.1 Å². The summed E-state index contributed by atoms with van der Waals surface area (Å²) in [5, 5.41) is 15.8. The van der Waals surface area contributed by atoms with Gasteiger partial charge in [0.2, 0.25) is 5.91 Å². The highest BCUT2D eigenvalue weighted by Crippen LogP contribution is 2.21. The number of hydrogen-bond donors (Lipinski definition) is 1. The summed E-state index contributed by atoms with van der Waals surface area (Å²) in [7, 11) is 0. The van der Waals surface area contributed by atoms with Crippen molar-refractivity contribution in [3.8, 4) is 11.4 Å². The van der Waals surface area contributed by atoms with Crippen LogP contribution >= 0.6 is 11.8 Å². The average molecular weight is 397 g/mol. The van der Waals surface area contributed by atoms with Crippen LogP contribution in [0.4, 0.5) is 14.5 Å². The van der Waals surface area contributed by atoms with E-state index in [0.29, 0.717) is 27.7 Å². The van der Waals surface area contributed by atoms with E-state index in [2.05, 4.69) is 20.6 Å². The molecule has 0 aliphatic carbocycles. The molecule has 140 valence electrons. The second-order valence-corrected chi connectivity index (χ2v) is 6.81. The molecule has 0 unspecified atom stereocenters. The zero-order chi connectivity index (χ0) is 19.5. The molecule has 4 rings (SSSR count). The van der Waals surface area contributed by atoms with E-state index in [-0.39, 0.29) is 17.5 Å². The van der Waals surface area contributed by atoms with Gasteiger partial charge in [-0.15, -0.1) is 10.2 Å². The van der Waals surface area contributed by atoms with Crippen LogP contribution in [0.3, 0.4) is 0 Å². The first kappa shape index (κ1) is 18.1. The van der Waals surface area contributed by atoms with E-state index in [1.807, 2.05) is 0 Å². The third kappa shape index (κ3) is 3.99. The first-order valence-corrected chi connectivity index (χ1v) is 9.24. The number of carbonyl (C=O) groups excluding carboxylic acids is 1. The lowest BCUT2D eigenvalue weighted by Gasteiger charge is -2.05. The van der Waals surface area contributed by atoms with Gasteiger partial charge >= 0.3 is 0 Å². The summed E-state index contributed by atoms with van der Waals surface area (Å²) in [6.45, 7) is 0. The van der Waals surface area contributed by atoms with Crippen LogP contribution in [0, 0.1) is 11.6 Å². The van der Waals surface area contributed by atoms with Crippen LogP contribution < -0.4 is 5.32 Å². The number of benzene rings is 2. The van der Waals surface area contributed by atoms with Gasteiger partial charge in [0.1, 0.15) is 16.7 Å². The number of halogens is 2. The van der Waals surface area contributed by atoms with Gasteiger partial charge in [-0.05, 0) is 54.6 Å². The van der Waals surface area contributed by atoms with Crippen LogP contribution in [-0.2, 0) is 4.79 Å². The second-order valence-electron chi connectivity index (χ2n) is 5.82. The Morgan fingerprint density at radius 2 is 1.82 bits per heavy atom. The summed E-state index contributed by atoms with van der Waals surface area (Å²) in [6, 6.07) is 15.0. The van der Waals surface area contributed by atoms with Crippen molar-refractivity contribution in [2.45, 2.75) is 5.03 Å². The van der Waals surface area contributed by atoms with Crippen molar-refractivity contribution < 1.29 is 13.6 Å². The van der Waals surface area contributed by atoms with E-state index >= 15 is 0 Å². The summed E-state index contributed by atoms with van der Waals surface area (Å²) in [5.41, 5.74) is 1.60. The lowest BCUT2D eigenvalue weighted by atomic mass is 10.2. The van der Waals surface area contributed by atoms with E-state index in [9.17, 15) is 13.6 Å². The maximum atomic E-state index is 13.2. The highest BCUT2D eigenvalue weighted by Gasteiger charge is 2.11. The van der Waals surface area contributed by atoms with Crippen LogP contribution in [0.2, 0.25) is 0 Å². The number of carbonyl (C=O) groups is 1. The van der Waals surface area contributed by atoms with Crippen molar-refractivity contribution in [1.82, 2.24) is 19.8 Å². The third-order valence-corrected chi connectivity index (χ3v) is 4.72. The SMILES string of the molecule is O=C(CSc1ccc2nnc(-c3ccc(F)cc3)n2n1)Nc1cccc(F)c1. The fourth-order valence-corrected chi connectivity index (χ4v) is 3.19. The molecule has 0 radical (unpaired) electrons. The quantitative estimate of drug-likeness (QED) is 0.519. The number of aromatic nitrogens is 4. The molecule has 0 aliphatic heterocycles. The van der Waals surface area contributed by atoms with Crippen LogP contribution in [0.15, 0.2) is 65.7 Å². The van der Waals surface area contributed by atoms with Crippen molar-refractivity contribution in [3.05, 3.63) is 72.3 Å². The maximum absolute atomic E-state index is 13.2. The minimum atomic E-state index is -0.418. The minimum Gasteiger partial charge on any atom is -0.325 e. The van der Waals surface area contributed by atoms with Gasteiger partial charge in [0, 0.05) is 11.3 Å². The van der Waals surface area contributed by atoms with Crippen molar-refractivity contribution in [3.63, 3.8) is 0 Å². The third-order valence-electron chi connectivity index (χ3n) is 3.80. The zero-order valence-electron chi connectivity index (χ0n) is 14.3. The molecule has 0 aliphatic rings. The van der Waals surface area contributed by atoms with Gasteiger partial charge in [-0.2, -0.15) is 9.61 Å².